The van der Waals surface area contributed by atoms with Crippen LogP contribution in [0.15, 0.2) is 48.7 Å². The maximum absolute atomic E-state index is 13.2. The van der Waals surface area contributed by atoms with Crippen molar-refractivity contribution in [2.75, 3.05) is 18.8 Å². The summed E-state index contributed by atoms with van der Waals surface area (Å²) in [5, 5.41) is 8.15. The van der Waals surface area contributed by atoms with E-state index in [4.69, 9.17) is 10.7 Å². The molecule has 7 nitrogen and oxygen atoms in total. The summed E-state index contributed by atoms with van der Waals surface area (Å²) in [7, 11) is 0. The lowest BCUT2D eigenvalue weighted by atomic mass is 9.99. The van der Waals surface area contributed by atoms with Crippen LogP contribution in [-0.2, 0) is 0 Å². The van der Waals surface area contributed by atoms with Gasteiger partial charge in [-0.05, 0) is 62.2 Å². The second kappa shape index (κ2) is 7.50. The highest BCUT2D eigenvalue weighted by Crippen LogP contribution is 2.31. The van der Waals surface area contributed by atoms with Crippen molar-refractivity contribution in [1.29, 1.82) is 0 Å². The molecule has 31 heavy (non-hydrogen) atoms. The number of rotatable bonds is 3. The van der Waals surface area contributed by atoms with E-state index in [2.05, 4.69) is 21.2 Å². The zero-order valence-corrected chi connectivity index (χ0v) is 17.6. The Balaban J connectivity index is 1.39. The molecule has 0 aliphatic carbocycles. The number of nitrogens with two attached hydrogens (primary N) is 1. The molecule has 1 amide bonds. The summed E-state index contributed by atoms with van der Waals surface area (Å²) < 4.78 is 0. The molecule has 5 rings (SSSR count). The van der Waals surface area contributed by atoms with E-state index in [-0.39, 0.29) is 11.8 Å². The summed E-state index contributed by atoms with van der Waals surface area (Å²) in [4.78, 5) is 24.1. The summed E-state index contributed by atoms with van der Waals surface area (Å²) in [6.45, 7) is 5.34. The Morgan fingerprint density at radius 2 is 2.00 bits per heavy atom. The Hall–Kier alpha value is -3.74. The van der Waals surface area contributed by atoms with Gasteiger partial charge in [0.1, 0.15) is 5.82 Å². The van der Waals surface area contributed by atoms with Gasteiger partial charge in [0.15, 0.2) is 5.69 Å². The van der Waals surface area contributed by atoms with Gasteiger partial charge in [-0.1, -0.05) is 11.6 Å². The molecule has 1 aliphatic heterocycles. The number of hydrogen-bond donors (Lipinski definition) is 2. The first kappa shape index (κ1) is 19.2. The minimum atomic E-state index is -0.0324. The summed E-state index contributed by atoms with van der Waals surface area (Å²) in [6, 6.07) is 13.9. The van der Waals surface area contributed by atoms with E-state index < -0.39 is 0 Å². The van der Waals surface area contributed by atoms with Gasteiger partial charge < -0.3 is 10.6 Å². The van der Waals surface area contributed by atoms with Crippen molar-refractivity contribution in [2.45, 2.75) is 26.2 Å². The van der Waals surface area contributed by atoms with Gasteiger partial charge in [0.25, 0.3) is 5.91 Å². The number of pyridine rings is 2. The van der Waals surface area contributed by atoms with Crippen molar-refractivity contribution in [1.82, 2.24) is 25.1 Å². The Labute approximate surface area is 180 Å². The van der Waals surface area contributed by atoms with Crippen molar-refractivity contribution in [3.63, 3.8) is 0 Å². The minimum absolute atomic E-state index is 0.0324. The van der Waals surface area contributed by atoms with Crippen LogP contribution in [0.2, 0.25) is 0 Å². The number of nitrogens with one attached hydrogen (secondary N) is 1. The number of amides is 1. The second-order valence-electron chi connectivity index (χ2n) is 8.25. The average Bonchev–Trinajstić information content (AvgIpc) is 3.41. The fraction of sp³-hybridized carbons (Fsp3) is 0.250. The fourth-order valence-electron chi connectivity index (χ4n) is 4.27. The molecule has 1 aliphatic rings. The molecule has 1 atom stereocenters. The van der Waals surface area contributed by atoms with E-state index in [1.54, 1.807) is 12.3 Å². The normalized spacial score (nSPS) is 16.2. The molecule has 7 heteroatoms. The van der Waals surface area contributed by atoms with Crippen molar-refractivity contribution in [2.24, 2.45) is 0 Å². The fourth-order valence-corrected chi connectivity index (χ4v) is 4.27. The van der Waals surface area contributed by atoms with Gasteiger partial charge in [-0.15, -0.1) is 0 Å². The van der Waals surface area contributed by atoms with Crippen LogP contribution in [0.4, 0.5) is 5.82 Å². The van der Waals surface area contributed by atoms with Crippen LogP contribution in [0, 0.1) is 13.8 Å². The Bertz CT molecular complexity index is 1280. The molecule has 0 radical (unpaired) electrons. The lowest BCUT2D eigenvalue weighted by molar-refractivity contribution is 0.0786. The number of carbonyl (C=O) groups excluding carboxylic acids is 1. The molecule has 4 aromatic rings. The number of hydrogen-bond acceptors (Lipinski definition) is 5. The van der Waals surface area contributed by atoms with Gasteiger partial charge in [-0.3, -0.25) is 14.9 Å². The molecule has 1 unspecified atom stereocenters. The molecule has 1 saturated heterocycles. The minimum Gasteiger partial charge on any atom is -0.384 e. The van der Waals surface area contributed by atoms with Gasteiger partial charge in [0.05, 0.1) is 5.52 Å². The molecule has 1 aromatic carbocycles. The van der Waals surface area contributed by atoms with Gasteiger partial charge in [-0.25, -0.2) is 4.98 Å². The van der Waals surface area contributed by atoms with Crippen molar-refractivity contribution >= 4 is 22.6 Å². The van der Waals surface area contributed by atoms with Crippen LogP contribution in [0.25, 0.3) is 22.0 Å². The Morgan fingerprint density at radius 3 is 2.81 bits per heavy atom. The third kappa shape index (κ3) is 3.63. The first-order valence-electron chi connectivity index (χ1n) is 10.4. The van der Waals surface area contributed by atoms with Crippen molar-refractivity contribution in [3.05, 3.63) is 71.3 Å². The van der Waals surface area contributed by atoms with Crippen LogP contribution in [0.5, 0.6) is 0 Å². The number of fused-ring (bicyclic) bond motifs is 1. The standard InChI is InChI=1S/C24H24N6O/c1-14-3-5-20-19(9-14)23(29-28-20)24(31)30-8-7-17(13-30)21-11-18(10-15(2)27-21)16-4-6-22(25)26-12-16/h3-6,9-12,17H,7-8,13H2,1-2H3,(H2,25,26)(H,28,29). The third-order valence-corrected chi connectivity index (χ3v) is 5.91. The van der Waals surface area contributed by atoms with Crippen LogP contribution in [-0.4, -0.2) is 44.1 Å². The Morgan fingerprint density at radius 1 is 1.13 bits per heavy atom. The molecular formula is C24H24N6O. The molecule has 156 valence electrons. The number of aromatic amines is 1. The highest BCUT2D eigenvalue weighted by Gasteiger charge is 2.31. The number of likely N-dealkylation sites (tertiary alicyclic amines) is 1. The average molecular weight is 412 g/mol. The SMILES string of the molecule is Cc1ccc2[nH]nc(C(=O)N3CCC(c4cc(-c5ccc(N)nc5)cc(C)n4)C3)c2c1. The number of carbonyl (C=O) groups is 1. The van der Waals surface area contributed by atoms with E-state index >= 15 is 0 Å². The predicted octanol–water partition coefficient (Wildman–Crippen LogP) is 3.85. The number of H-pyrrole nitrogens is 1. The van der Waals surface area contributed by atoms with Gasteiger partial charge in [0.2, 0.25) is 0 Å². The Kier molecular flexibility index (Phi) is 4.66. The number of nitrogens with zero attached hydrogens (tertiary/aromatic N) is 4. The summed E-state index contributed by atoms with van der Waals surface area (Å²) >= 11 is 0. The molecule has 3 N–H and O–H groups in total. The lowest BCUT2D eigenvalue weighted by Gasteiger charge is -2.16. The predicted molar refractivity (Wildman–Crippen MR) is 121 cm³/mol. The van der Waals surface area contributed by atoms with Crippen LogP contribution < -0.4 is 5.73 Å². The molecule has 3 aromatic heterocycles. The maximum Gasteiger partial charge on any atom is 0.275 e. The van der Waals surface area contributed by atoms with E-state index in [9.17, 15) is 4.79 Å². The summed E-state index contributed by atoms with van der Waals surface area (Å²) in [5.41, 5.74) is 12.2. The van der Waals surface area contributed by atoms with Gasteiger partial charge >= 0.3 is 0 Å². The monoisotopic (exact) mass is 412 g/mol. The van der Waals surface area contributed by atoms with E-state index in [0.717, 1.165) is 45.4 Å². The maximum atomic E-state index is 13.2. The number of anilines is 1. The first-order chi connectivity index (χ1) is 15.0. The number of nitrogen functional groups attached to an aromatic ring is 1. The number of aryl methyl sites for hydroxylation is 2. The molecule has 0 spiro atoms. The zero-order chi connectivity index (χ0) is 21.5. The lowest BCUT2D eigenvalue weighted by Crippen LogP contribution is -2.29. The summed E-state index contributed by atoms with van der Waals surface area (Å²) in [6.07, 6.45) is 2.66. The van der Waals surface area contributed by atoms with Gasteiger partial charge in [0, 0.05) is 47.5 Å². The zero-order valence-electron chi connectivity index (χ0n) is 17.6. The topological polar surface area (TPSA) is 101 Å². The van der Waals surface area contributed by atoms with Crippen molar-refractivity contribution < 1.29 is 4.79 Å². The summed E-state index contributed by atoms with van der Waals surface area (Å²) in [5.74, 6) is 0.659. The van der Waals surface area contributed by atoms with Gasteiger partial charge in [-0.2, -0.15) is 5.10 Å². The largest absolute Gasteiger partial charge is 0.384 e. The molecular weight excluding hydrogens is 388 g/mol. The second-order valence-corrected chi connectivity index (χ2v) is 8.25. The number of aromatic nitrogens is 4. The van der Waals surface area contributed by atoms with Crippen molar-refractivity contribution in [3.8, 4) is 11.1 Å². The smallest absolute Gasteiger partial charge is 0.275 e. The van der Waals surface area contributed by atoms with Crippen LogP contribution in [0.3, 0.4) is 0 Å². The molecule has 4 heterocycles. The van der Waals surface area contributed by atoms with Crippen LogP contribution in [0.1, 0.15) is 39.8 Å². The molecule has 1 fully saturated rings. The van der Waals surface area contributed by atoms with E-state index in [1.807, 2.05) is 49.1 Å². The van der Waals surface area contributed by atoms with E-state index in [0.29, 0.717) is 24.6 Å². The molecule has 0 bridgehead atoms. The highest BCUT2D eigenvalue weighted by atomic mass is 16.2. The van der Waals surface area contributed by atoms with Crippen LogP contribution >= 0.6 is 0 Å². The quantitative estimate of drug-likeness (QED) is 0.532. The van der Waals surface area contributed by atoms with E-state index in [1.165, 1.54) is 0 Å². The molecule has 0 saturated carbocycles. The first-order valence-corrected chi connectivity index (χ1v) is 10.4. The number of benzene rings is 1. The highest BCUT2D eigenvalue weighted by molar-refractivity contribution is 6.04. The third-order valence-electron chi connectivity index (χ3n) is 5.91.